The molecule has 30 heavy (non-hydrogen) atoms. The fraction of sp³-hybridized carbons (Fsp3) is 0.0455. The third-order valence-electron chi connectivity index (χ3n) is 4.36. The number of carbonyl (C=O) groups is 1. The number of ketones is 1. The molecule has 0 fully saturated rings. The van der Waals surface area contributed by atoms with Gasteiger partial charge in [-0.15, -0.1) is 0 Å². The van der Waals surface area contributed by atoms with Crippen molar-refractivity contribution in [1.29, 1.82) is 0 Å². The van der Waals surface area contributed by atoms with Gasteiger partial charge in [0.2, 0.25) is 5.78 Å². The minimum atomic E-state index is -4.02. The number of allylic oxidation sites excluding steroid dienone is 1. The summed E-state index contributed by atoms with van der Waals surface area (Å²) in [6, 6.07) is 17.5. The van der Waals surface area contributed by atoms with E-state index in [9.17, 15) is 13.2 Å². The van der Waals surface area contributed by atoms with Gasteiger partial charge in [0.25, 0.3) is 0 Å². The van der Waals surface area contributed by atoms with E-state index in [-0.39, 0.29) is 27.9 Å². The van der Waals surface area contributed by atoms with Crippen molar-refractivity contribution in [3.05, 3.63) is 88.1 Å². The van der Waals surface area contributed by atoms with Crippen molar-refractivity contribution in [2.75, 3.05) is 7.11 Å². The Bertz CT molecular complexity index is 1250. The summed E-state index contributed by atoms with van der Waals surface area (Å²) in [5.41, 5.74) is 1.10. The number of benzene rings is 3. The summed E-state index contributed by atoms with van der Waals surface area (Å²) < 4.78 is 41.7. The number of fused-ring (bicyclic) bond motifs is 1. The Hall–Kier alpha value is -3.10. The molecule has 0 spiro atoms. The molecule has 0 unspecified atom stereocenters. The van der Waals surface area contributed by atoms with Crippen molar-refractivity contribution in [3.63, 3.8) is 0 Å². The van der Waals surface area contributed by atoms with Crippen LogP contribution in [0.2, 0.25) is 0 Å². The van der Waals surface area contributed by atoms with Crippen LogP contribution in [0.15, 0.2) is 81.9 Å². The maximum absolute atomic E-state index is 12.6. The summed E-state index contributed by atoms with van der Waals surface area (Å²) in [7, 11) is -2.44. The Kier molecular flexibility index (Phi) is 5.36. The molecule has 0 saturated carbocycles. The minimum absolute atomic E-state index is 0.0169. The smallest absolute Gasteiger partial charge is 0.339 e. The van der Waals surface area contributed by atoms with Gasteiger partial charge in [-0.05, 0) is 60.2 Å². The van der Waals surface area contributed by atoms with E-state index in [1.807, 2.05) is 0 Å². The standard InChI is InChI=1S/C22H15BrO6S/c1-27-16-6-2-14(3-7-16)12-21-22(24)19-11-8-17(13-20(19)28-21)29-30(25,26)18-9-4-15(23)5-10-18/h2-13H,1H3/b21-12-. The first kappa shape index (κ1) is 20.2. The number of hydrogen-bond donors (Lipinski definition) is 0. The third-order valence-corrected chi connectivity index (χ3v) is 6.15. The highest BCUT2D eigenvalue weighted by molar-refractivity contribution is 9.10. The van der Waals surface area contributed by atoms with Gasteiger partial charge in [0, 0.05) is 10.5 Å². The Labute approximate surface area is 182 Å². The predicted octanol–water partition coefficient (Wildman–Crippen LogP) is 4.84. The molecule has 3 aromatic rings. The lowest BCUT2D eigenvalue weighted by molar-refractivity contribution is 0.101. The molecule has 3 aromatic carbocycles. The number of halogens is 1. The normalized spacial score (nSPS) is 14.3. The van der Waals surface area contributed by atoms with E-state index in [2.05, 4.69) is 15.9 Å². The molecule has 4 rings (SSSR count). The molecule has 8 heteroatoms. The fourth-order valence-corrected chi connectivity index (χ4v) is 4.03. The van der Waals surface area contributed by atoms with Crippen molar-refractivity contribution in [2.24, 2.45) is 0 Å². The molecule has 0 N–H and O–H groups in total. The Morgan fingerprint density at radius 3 is 2.27 bits per heavy atom. The molecule has 0 amide bonds. The average molecular weight is 487 g/mol. The SMILES string of the molecule is COc1ccc(/C=C2\Oc3cc(OS(=O)(=O)c4ccc(Br)cc4)ccc3C2=O)cc1. The summed E-state index contributed by atoms with van der Waals surface area (Å²) >= 11 is 3.26. The van der Waals surface area contributed by atoms with Gasteiger partial charge in [0.15, 0.2) is 5.76 Å². The van der Waals surface area contributed by atoms with Gasteiger partial charge in [-0.1, -0.05) is 28.1 Å². The third kappa shape index (κ3) is 4.10. The lowest BCUT2D eigenvalue weighted by Gasteiger charge is -2.08. The fourth-order valence-electron chi connectivity index (χ4n) is 2.85. The second kappa shape index (κ2) is 7.97. The van der Waals surface area contributed by atoms with Gasteiger partial charge >= 0.3 is 10.1 Å². The predicted molar refractivity (Wildman–Crippen MR) is 114 cm³/mol. The van der Waals surface area contributed by atoms with Crippen LogP contribution in [-0.4, -0.2) is 21.3 Å². The van der Waals surface area contributed by atoms with E-state index in [0.29, 0.717) is 11.3 Å². The molecule has 6 nitrogen and oxygen atoms in total. The highest BCUT2D eigenvalue weighted by Gasteiger charge is 2.28. The molecular weight excluding hydrogens is 472 g/mol. The number of rotatable bonds is 5. The minimum Gasteiger partial charge on any atom is -0.497 e. The van der Waals surface area contributed by atoms with Crippen LogP contribution in [0.3, 0.4) is 0 Å². The molecular formula is C22H15BrO6S. The second-order valence-electron chi connectivity index (χ2n) is 6.36. The molecule has 0 bridgehead atoms. The van der Waals surface area contributed by atoms with E-state index in [4.69, 9.17) is 13.7 Å². The Morgan fingerprint density at radius 1 is 0.933 bits per heavy atom. The van der Waals surface area contributed by atoms with E-state index in [1.54, 1.807) is 49.6 Å². The number of carbonyl (C=O) groups excluding carboxylic acids is 1. The maximum atomic E-state index is 12.6. The molecule has 152 valence electrons. The van der Waals surface area contributed by atoms with Crippen molar-refractivity contribution < 1.29 is 26.9 Å². The first-order valence-electron chi connectivity index (χ1n) is 8.78. The first-order valence-corrected chi connectivity index (χ1v) is 11.0. The van der Waals surface area contributed by atoms with Gasteiger partial charge in [0.05, 0.1) is 12.7 Å². The summed E-state index contributed by atoms with van der Waals surface area (Å²) in [6.45, 7) is 0. The molecule has 0 atom stereocenters. The molecule has 1 aliphatic heterocycles. The van der Waals surface area contributed by atoms with Gasteiger partial charge < -0.3 is 13.7 Å². The molecule has 0 saturated heterocycles. The number of methoxy groups -OCH3 is 1. The van der Waals surface area contributed by atoms with Crippen molar-refractivity contribution >= 4 is 37.9 Å². The largest absolute Gasteiger partial charge is 0.497 e. The van der Waals surface area contributed by atoms with E-state index in [0.717, 1.165) is 10.0 Å². The van der Waals surface area contributed by atoms with Crippen molar-refractivity contribution in [2.45, 2.75) is 4.90 Å². The van der Waals surface area contributed by atoms with Crippen LogP contribution in [0, 0.1) is 0 Å². The van der Waals surface area contributed by atoms with Crippen LogP contribution < -0.4 is 13.7 Å². The summed E-state index contributed by atoms with van der Waals surface area (Å²) in [5.74, 6) is 0.845. The van der Waals surface area contributed by atoms with Crippen LogP contribution in [-0.2, 0) is 10.1 Å². The maximum Gasteiger partial charge on any atom is 0.339 e. The Balaban J connectivity index is 1.57. The highest BCUT2D eigenvalue weighted by atomic mass is 79.9. The zero-order chi connectivity index (χ0) is 21.3. The van der Waals surface area contributed by atoms with Crippen LogP contribution in [0.1, 0.15) is 15.9 Å². The molecule has 0 aliphatic carbocycles. The zero-order valence-electron chi connectivity index (χ0n) is 15.7. The zero-order valence-corrected chi connectivity index (χ0v) is 18.1. The average Bonchev–Trinajstić information content (AvgIpc) is 3.03. The van der Waals surface area contributed by atoms with E-state index < -0.39 is 10.1 Å². The van der Waals surface area contributed by atoms with Gasteiger partial charge in [-0.2, -0.15) is 8.42 Å². The van der Waals surface area contributed by atoms with Crippen molar-refractivity contribution in [1.82, 2.24) is 0 Å². The molecule has 0 radical (unpaired) electrons. The summed E-state index contributed by atoms with van der Waals surface area (Å²) in [5, 5.41) is 0. The molecule has 1 heterocycles. The van der Waals surface area contributed by atoms with Gasteiger partial charge in [-0.25, -0.2) is 0 Å². The monoisotopic (exact) mass is 486 g/mol. The van der Waals surface area contributed by atoms with Gasteiger partial charge in [0.1, 0.15) is 22.1 Å². The topological polar surface area (TPSA) is 78.9 Å². The highest BCUT2D eigenvalue weighted by Crippen LogP contribution is 2.35. The summed E-state index contributed by atoms with van der Waals surface area (Å²) in [4.78, 5) is 12.6. The number of hydrogen-bond acceptors (Lipinski definition) is 6. The number of Topliss-reactive ketones (excluding diaryl/α,β-unsaturated/α-hetero) is 1. The first-order chi connectivity index (χ1) is 14.4. The Morgan fingerprint density at radius 2 is 1.60 bits per heavy atom. The lowest BCUT2D eigenvalue weighted by atomic mass is 10.1. The van der Waals surface area contributed by atoms with Crippen molar-refractivity contribution in [3.8, 4) is 17.2 Å². The number of ether oxygens (including phenoxy) is 2. The van der Waals surface area contributed by atoms with Crippen LogP contribution >= 0.6 is 15.9 Å². The molecule has 1 aliphatic rings. The lowest BCUT2D eigenvalue weighted by Crippen LogP contribution is -2.09. The van der Waals surface area contributed by atoms with E-state index >= 15 is 0 Å². The van der Waals surface area contributed by atoms with E-state index in [1.165, 1.54) is 30.3 Å². The van der Waals surface area contributed by atoms with Gasteiger partial charge in [-0.3, -0.25) is 4.79 Å². The quantitative estimate of drug-likeness (QED) is 0.379. The van der Waals surface area contributed by atoms with Crippen LogP contribution in [0.4, 0.5) is 0 Å². The molecule has 0 aromatic heterocycles. The van der Waals surface area contributed by atoms with Crippen LogP contribution in [0.5, 0.6) is 17.2 Å². The summed E-state index contributed by atoms with van der Waals surface area (Å²) in [6.07, 6.45) is 1.61. The van der Waals surface area contributed by atoms with Crippen LogP contribution in [0.25, 0.3) is 6.08 Å². The second-order valence-corrected chi connectivity index (χ2v) is 8.82.